The van der Waals surface area contributed by atoms with Crippen molar-refractivity contribution in [3.63, 3.8) is 0 Å². The van der Waals surface area contributed by atoms with Crippen LogP contribution in [0.15, 0.2) is 52.9 Å². The maximum atomic E-state index is 13.7. The van der Waals surface area contributed by atoms with Crippen LogP contribution in [0.3, 0.4) is 0 Å². The summed E-state index contributed by atoms with van der Waals surface area (Å²) < 4.78 is 16.8. The van der Waals surface area contributed by atoms with Crippen molar-refractivity contribution in [2.24, 2.45) is 5.92 Å². The van der Waals surface area contributed by atoms with Gasteiger partial charge in [0.2, 0.25) is 12.3 Å². The number of hydrogen-bond acceptors (Lipinski definition) is 12. The van der Waals surface area contributed by atoms with Crippen LogP contribution < -0.4 is 20.7 Å². The molecule has 3 atom stereocenters. The Morgan fingerprint density at radius 1 is 0.918 bits per heavy atom. The molecule has 2 heterocycles. The fourth-order valence-electron chi connectivity index (χ4n) is 6.93. The van der Waals surface area contributed by atoms with Crippen molar-refractivity contribution in [1.82, 2.24) is 25.9 Å². The van der Waals surface area contributed by atoms with E-state index >= 15 is 0 Å². The van der Waals surface area contributed by atoms with Crippen molar-refractivity contribution in [1.29, 1.82) is 0 Å². The number of amides is 4. The number of hydroxylamine groups is 2. The van der Waals surface area contributed by atoms with Crippen LogP contribution in [0, 0.1) is 12.8 Å². The van der Waals surface area contributed by atoms with E-state index in [0.29, 0.717) is 62.1 Å². The van der Waals surface area contributed by atoms with E-state index in [4.69, 9.17) is 23.8 Å². The fraction of sp³-hybridized carbons (Fsp3) is 0.465. The minimum absolute atomic E-state index is 0.0460. The second-order valence-electron chi connectivity index (χ2n) is 14.5. The molecule has 0 spiro atoms. The third kappa shape index (κ3) is 13.6. The van der Waals surface area contributed by atoms with Crippen LogP contribution in [-0.4, -0.2) is 114 Å². The first-order valence-corrected chi connectivity index (χ1v) is 20.3. The minimum Gasteiger partial charge on any atom is -0.493 e. The molecule has 330 valence electrons. The molecular weight excluding hydrogens is 794 g/mol. The van der Waals surface area contributed by atoms with Crippen molar-refractivity contribution in [3.05, 3.63) is 76.5 Å². The van der Waals surface area contributed by atoms with Gasteiger partial charge in [0.1, 0.15) is 17.6 Å². The molecule has 5 N–H and O–H groups in total. The molecule has 18 heteroatoms. The summed E-state index contributed by atoms with van der Waals surface area (Å²) in [5, 5.41) is 26.8. The normalized spacial score (nSPS) is 14.2. The van der Waals surface area contributed by atoms with Gasteiger partial charge in [-0.3, -0.25) is 28.9 Å². The number of nitrogens with zero attached hydrogens (tertiary/aromatic N) is 2. The molecule has 4 rings (SSSR count). The lowest BCUT2D eigenvalue weighted by Crippen LogP contribution is -2.49. The van der Waals surface area contributed by atoms with Crippen LogP contribution in [0.2, 0.25) is 0 Å². The standard InChI is InChI=1S/C43H55N5O13/c1-5-8-9-10-31(34(6-2)48(26-49)61-43(57)30-13-11-28(21-27(30)4)24-47-17-19-58-20-18-47)39(52)44-25-45-41(54)36-16-15-35(60-36)29-12-14-32(37(22-29)59-7-3)40(53)46-33(42(55)56)23-38(50)51/h11-16,21-22,26,31,33-34H,5-10,17-20,23-25H2,1-4H3,(H,44,52)(H,45,54)(H,46,53)(H,50,51)(H,55,56). The van der Waals surface area contributed by atoms with Crippen LogP contribution >= 0.6 is 0 Å². The summed E-state index contributed by atoms with van der Waals surface area (Å²) in [7, 11) is 0. The molecule has 1 aliphatic rings. The van der Waals surface area contributed by atoms with Crippen LogP contribution in [0.5, 0.6) is 5.75 Å². The number of hydrogen-bond donors (Lipinski definition) is 5. The van der Waals surface area contributed by atoms with Gasteiger partial charge in [0.25, 0.3) is 11.8 Å². The molecule has 1 saturated heterocycles. The highest BCUT2D eigenvalue weighted by Gasteiger charge is 2.34. The van der Waals surface area contributed by atoms with E-state index in [1.54, 1.807) is 26.8 Å². The van der Waals surface area contributed by atoms with Gasteiger partial charge in [0, 0.05) is 25.2 Å². The molecule has 3 unspecified atom stereocenters. The van der Waals surface area contributed by atoms with Crippen molar-refractivity contribution in [2.75, 3.05) is 39.6 Å². The van der Waals surface area contributed by atoms with E-state index in [9.17, 15) is 38.7 Å². The monoisotopic (exact) mass is 849 g/mol. The van der Waals surface area contributed by atoms with Gasteiger partial charge in [-0.25, -0.2) is 9.59 Å². The predicted octanol–water partition coefficient (Wildman–Crippen LogP) is 4.15. The first-order chi connectivity index (χ1) is 29.3. The quantitative estimate of drug-likeness (QED) is 0.0368. The highest BCUT2D eigenvalue weighted by Crippen LogP contribution is 2.30. The summed E-state index contributed by atoms with van der Waals surface area (Å²) in [6, 6.07) is 10.2. The van der Waals surface area contributed by atoms with E-state index < -0.39 is 60.1 Å². The Kier molecular flexibility index (Phi) is 18.3. The molecule has 0 aliphatic carbocycles. The van der Waals surface area contributed by atoms with E-state index in [2.05, 4.69) is 20.9 Å². The van der Waals surface area contributed by atoms with Gasteiger partial charge in [-0.05, 0) is 68.1 Å². The Hall–Kier alpha value is -6.27. The molecule has 2 aromatic carbocycles. The van der Waals surface area contributed by atoms with Crippen LogP contribution in [-0.2, 0) is 35.3 Å². The third-order valence-electron chi connectivity index (χ3n) is 10.1. The zero-order valence-corrected chi connectivity index (χ0v) is 34.9. The molecule has 1 fully saturated rings. The average molecular weight is 850 g/mol. The SMILES string of the molecule is CCCCCC(C(=O)NCNC(=O)c1ccc(-c2ccc(C(=O)NC(CC(=O)O)C(=O)O)c(OCC)c2)o1)C(CC)N(C=O)OC(=O)c1ccc(CN2CCOCC2)cc1C. The lowest BCUT2D eigenvalue weighted by molar-refractivity contribution is -0.171. The maximum absolute atomic E-state index is 13.7. The van der Waals surface area contributed by atoms with Crippen molar-refractivity contribution >= 4 is 42.0 Å². The number of aryl methyl sites for hydroxylation is 1. The molecule has 18 nitrogen and oxygen atoms in total. The Balaban J connectivity index is 1.39. The van der Waals surface area contributed by atoms with Gasteiger partial charge in [-0.15, -0.1) is 0 Å². The molecule has 0 radical (unpaired) electrons. The lowest BCUT2D eigenvalue weighted by atomic mass is 9.90. The molecular formula is C43H55N5O13. The Labute approximate surface area is 353 Å². The zero-order valence-electron chi connectivity index (χ0n) is 34.9. The number of carboxylic acids is 2. The summed E-state index contributed by atoms with van der Waals surface area (Å²) in [5.74, 6) is -6.22. The van der Waals surface area contributed by atoms with Crippen molar-refractivity contribution in [3.8, 4) is 17.1 Å². The molecule has 1 aromatic heterocycles. The number of rotatable bonds is 24. The number of aliphatic carboxylic acids is 2. The van der Waals surface area contributed by atoms with Gasteiger partial charge >= 0.3 is 17.9 Å². The number of furan rings is 1. The zero-order chi connectivity index (χ0) is 44.5. The smallest absolute Gasteiger partial charge is 0.363 e. The second kappa shape index (κ2) is 23.5. The molecule has 0 bridgehead atoms. The molecule has 3 aromatic rings. The van der Waals surface area contributed by atoms with E-state index in [-0.39, 0.29) is 36.1 Å². The van der Waals surface area contributed by atoms with Gasteiger partial charge in [0.05, 0.1) is 56.0 Å². The number of carbonyl (C=O) groups excluding carboxylic acids is 5. The predicted molar refractivity (Wildman–Crippen MR) is 219 cm³/mol. The van der Waals surface area contributed by atoms with Crippen LogP contribution in [0.25, 0.3) is 11.3 Å². The number of nitrogens with one attached hydrogen (secondary N) is 3. The summed E-state index contributed by atoms with van der Waals surface area (Å²) >= 11 is 0. The summed E-state index contributed by atoms with van der Waals surface area (Å²) in [5.41, 5.74) is 2.37. The molecule has 61 heavy (non-hydrogen) atoms. The molecule has 0 saturated carbocycles. The Morgan fingerprint density at radius 3 is 2.30 bits per heavy atom. The number of benzene rings is 2. The average Bonchev–Trinajstić information content (AvgIpc) is 3.74. The van der Waals surface area contributed by atoms with Gasteiger partial charge in [-0.2, -0.15) is 5.06 Å². The number of ether oxygens (including phenoxy) is 2. The first kappa shape index (κ1) is 47.4. The summed E-state index contributed by atoms with van der Waals surface area (Å²) in [6.45, 7) is 10.8. The number of unbranched alkanes of at least 4 members (excludes halogenated alkanes) is 2. The largest absolute Gasteiger partial charge is 0.493 e. The highest BCUT2D eigenvalue weighted by molar-refractivity contribution is 6.00. The van der Waals surface area contributed by atoms with Crippen LogP contribution in [0.4, 0.5) is 0 Å². The first-order valence-electron chi connectivity index (χ1n) is 20.3. The number of morpholine rings is 1. The van der Waals surface area contributed by atoms with E-state index in [1.165, 1.54) is 30.3 Å². The number of carbonyl (C=O) groups is 7. The topological polar surface area (TPSA) is 243 Å². The highest BCUT2D eigenvalue weighted by atomic mass is 16.7. The number of carboxylic acid groups (broad SMARTS) is 2. The maximum Gasteiger partial charge on any atom is 0.363 e. The van der Waals surface area contributed by atoms with Crippen LogP contribution in [0.1, 0.15) is 102 Å². The Bertz CT molecular complexity index is 2010. The van der Waals surface area contributed by atoms with Crippen molar-refractivity contribution in [2.45, 2.75) is 84.8 Å². The molecule has 1 aliphatic heterocycles. The summed E-state index contributed by atoms with van der Waals surface area (Å²) in [6.07, 6.45) is 2.63. The lowest BCUT2D eigenvalue weighted by Gasteiger charge is -2.32. The third-order valence-corrected chi connectivity index (χ3v) is 10.1. The molecule has 4 amide bonds. The van der Waals surface area contributed by atoms with E-state index in [0.717, 1.165) is 36.6 Å². The van der Waals surface area contributed by atoms with Gasteiger partial charge < -0.3 is 44.9 Å². The fourth-order valence-corrected chi connectivity index (χ4v) is 6.93. The minimum atomic E-state index is -1.67. The van der Waals surface area contributed by atoms with Crippen molar-refractivity contribution < 1.29 is 62.5 Å². The van der Waals surface area contributed by atoms with E-state index in [1.807, 2.05) is 19.1 Å². The van der Waals surface area contributed by atoms with Gasteiger partial charge in [-0.1, -0.05) is 51.3 Å². The van der Waals surface area contributed by atoms with Gasteiger partial charge in [0.15, 0.2) is 5.76 Å². The summed E-state index contributed by atoms with van der Waals surface area (Å²) in [4.78, 5) is 96.0. The second-order valence-corrected chi connectivity index (χ2v) is 14.5. The Morgan fingerprint density at radius 2 is 1.66 bits per heavy atom.